The maximum absolute atomic E-state index is 12.0. The lowest BCUT2D eigenvalue weighted by molar-refractivity contribution is 0.0955. The number of aromatic nitrogens is 4. The smallest absolute Gasteiger partial charge is 0.251 e. The van der Waals surface area contributed by atoms with E-state index in [0.717, 1.165) is 15.0 Å². The Morgan fingerprint density at radius 2 is 1.85 bits per heavy atom. The highest BCUT2D eigenvalue weighted by Gasteiger charge is 2.06. The van der Waals surface area contributed by atoms with E-state index in [1.165, 1.54) is 0 Å². The van der Waals surface area contributed by atoms with Crippen molar-refractivity contribution in [3.63, 3.8) is 0 Å². The molecule has 0 aliphatic heterocycles. The lowest BCUT2D eigenvalue weighted by Gasteiger charge is -2.08. The number of rotatable bonds is 6. The first-order valence-corrected chi connectivity index (χ1v) is 9.26. The fraction of sp³-hybridized carbons (Fsp3) is 0.222. The summed E-state index contributed by atoms with van der Waals surface area (Å²) in [5.41, 5.74) is 2.60. The third-order valence-corrected chi connectivity index (χ3v) is 4.42. The number of nitrogens with zero attached hydrogens (tertiary/aromatic N) is 4. The Balaban J connectivity index is 1.48. The van der Waals surface area contributed by atoms with Gasteiger partial charge in [0.05, 0.1) is 5.69 Å². The van der Waals surface area contributed by atoms with E-state index in [4.69, 9.17) is 0 Å². The molecule has 7 nitrogen and oxygen atoms in total. The molecule has 0 fully saturated rings. The number of carbonyl (C=O) groups is 1. The molecular weight excluding hydrogens is 443 g/mol. The first-order chi connectivity index (χ1) is 12.5. The molecule has 0 saturated heterocycles. The lowest BCUT2D eigenvalue weighted by atomic mass is 10.2. The van der Waals surface area contributed by atoms with Crippen molar-refractivity contribution in [1.29, 1.82) is 0 Å². The molecule has 0 atom stereocenters. The molecule has 2 N–H and O–H groups in total. The summed E-state index contributed by atoms with van der Waals surface area (Å²) in [6.45, 7) is 4.97. The van der Waals surface area contributed by atoms with Crippen molar-refractivity contribution in [2.45, 2.75) is 13.8 Å². The molecule has 0 saturated carbocycles. The van der Waals surface area contributed by atoms with Crippen LogP contribution in [0.1, 0.15) is 21.7 Å². The van der Waals surface area contributed by atoms with Gasteiger partial charge in [-0.25, -0.2) is 4.68 Å². The van der Waals surface area contributed by atoms with Crippen LogP contribution in [0, 0.1) is 17.4 Å². The van der Waals surface area contributed by atoms with Crippen molar-refractivity contribution in [1.82, 2.24) is 25.3 Å². The topological polar surface area (TPSA) is 84.7 Å². The third-order valence-electron chi connectivity index (χ3n) is 3.70. The molecule has 0 unspecified atom stereocenters. The molecular formula is C18H19IN6O. The first kappa shape index (κ1) is 18.3. The largest absolute Gasteiger partial charge is 0.367 e. The SMILES string of the molecule is Cc1cc(C)n(-c2ccc(NCCNC(=O)c3ccc(I)cc3)nn2)n1. The van der Waals surface area contributed by atoms with Crippen LogP contribution >= 0.6 is 22.6 Å². The highest BCUT2D eigenvalue weighted by molar-refractivity contribution is 14.1. The summed E-state index contributed by atoms with van der Waals surface area (Å²) in [6.07, 6.45) is 0. The summed E-state index contributed by atoms with van der Waals surface area (Å²) in [6, 6.07) is 13.1. The fourth-order valence-electron chi connectivity index (χ4n) is 2.46. The number of anilines is 1. The number of hydrogen-bond acceptors (Lipinski definition) is 5. The van der Waals surface area contributed by atoms with Crippen LogP contribution in [0.3, 0.4) is 0 Å². The Bertz CT molecular complexity index is 889. The molecule has 1 amide bonds. The van der Waals surface area contributed by atoms with Crippen molar-refractivity contribution < 1.29 is 4.79 Å². The molecule has 0 spiro atoms. The summed E-state index contributed by atoms with van der Waals surface area (Å²) in [5, 5.41) is 18.7. The molecule has 0 aliphatic carbocycles. The summed E-state index contributed by atoms with van der Waals surface area (Å²) < 4.78 is 2.86. The number of nitrogens with one attached hydrogen (secondary N) is 2. The van der Waals surface area contributed by atoms with E-state index < -0.39 is 0 Å². The van der Waals surface area contributed by atoms with Crippen LogP contribution < -0.4 is 10.6 Å². The number of halogens is 1. The molecule has 8 heteroatoms. The lowest BCUT2D eigenvalue weighted by Crippen LogP contribution is -2.28. The van der Waals surface area contributed by atoms with Crippen LogP contribution in [0.5, 0.6) is 0 Å². The second-order valence-corrected chi connectivity index (χ2v) is 7.05. The fourth-order valence-corrected chi connectivity index (χ4v) is 2.82. The van der Waals surface area contributed by atoms with Gasteiger partial charge in [-0.15, -0.1) is 10.2 Å². The van der Waals surface area contributed by atoms with Crippen LogP contribution in [0.2, 0.25) is 0 Å². The zero-order valence-corrected chi connectivity index (χ0v) is 16.7. The molecule has 2 heterocycles. The second kappa shape index (κ2) is 8.26. The first-order valence-electron chi connectivity index (χ1n) is 8.18. The minimum atomic E-state index is -0.0887. The van der Waals surface area contributed by atoms with Crippen molar-refractivity contribution in [3.05, 3.63) is 63.0 Å². The molecule has 1 aromatic carbocycles. The average Bonchev–Trinajstić information content (AvgIpc) is 2.98. The maximum Gasteiger partial charge on any atom is 0.251 e. The predicted octanol–water partition coefficient (Wildman–Crippen LogP) is 2.73. The summed E-state index contributed by atoms with van der Waals surface area (Å²) in [4.78, 5) is 12.0. The van der Waals surface area contributed by atoms with Crippen LogP contribution in [-0.4, -0.2) is 39.0 Å². The van der Waals surface area contributed by atoms with Gasteiger partial charge >= 0.3 is 0 Å². The number of aryl methyl sites for hydroxylation is 2. The molecule has 0 radical (unpaired) electrons. The Labute approximate surface area is 165 Å². The predicted molar refractivity (Wildman–Crippen MR) is 109 cm³/mol. The Morgan fingerprint density at radius 3 is 2.46 bits per heavy atom. The normalized spacial score (nSPS) is 10.6. The Hall–Kier alpha value is -2.49. The third kappa shape index (κ3) is 4.57. The van der Waals surface area contributed by atoms with E-state index in [0.29, 0.717) is 30.3 Å². The Morgan fingerprint density at radius 1 is 1.08 bits per heavy atom. The van der Waals surface area contributed by atoms with Gasteiger partial charge in [0, 0.05) is 27.9 Å². The molecule has 26 heavy (non-hydrogen) atoms. The zero-order valence-electron chi connectivity index (χ0n) is 14.5. The maximum atomic E-state index is 12.0. The number of hydrogen-bond donors (Lipinski definition) is 2. The summed E-state index contributed by atoms with van der Waals surface area (Å²) in [5.74, 6) is 1.24. The summed E-state index contributed by atoms with van der Waals surface area (Å²) >= 11 is 2.21. The van der Waals surface area contributed by atoms with Crippen LogP contribution in [0.25, 0.3) is 5.82 Å². The zero-order chi connectivity index (χ0) is 18.5. The van der Waals surface area contributed by atoms with Crippen molar-refractivity contribution in [2.24, 2.45) is 0 Å². The highest BCUT2D eigenvalue weighted by atomic mass is 127. The summed E-state index contributed by atoms with van der Waals surface area (Å²) in [7, 11) is 0. The second-order valence-electron chi connectivity index (χ2n) is 5.81. The van der Waals surface area contributed by atoms with E-state index in [9.17, 15) is 4.79 Å². The van der Waals surface area contributed by atoms with Gasteiger partial charge in [0.25, 0.3) is 5.91 Å². The van der Waals surface area contributed by atoms with E-state index >= 15 is 0 Å². The highest BCUT2D eigenvalue weighted by Crippen LogP contribution is 2.10. The van der Waals surface area contributed by atoms with Gasteiger partial charge in [-0.1, -0.05) is 0 Å². The Kier molecular flexibility index (Phi) is 5.82. The number of benzene rings is 1. The van der Waals surface area contributed by atoms with Crippen molar-refractivity contribution >= 4 is 34.3 Å². The van der Waals surface area contributed by atoms with Crippen LogP contribution in [0.4, 0.5) is 5.82 Å². The van der Waals surface area contributed by atoms with Gasteiger partial charge in [-0.2, -0.15) is 5.10 Å². The molecule has 0 aliphatic rings. The standard InChI is InChI=1S/C18H19IN6O/c1-12-11-13(2)25(24-12)17-8-7-16(22-23-17)20-9-10-21-18(26)14-3-5-15(19)6-4-14/h3-8,11H,9-10H2,1-2H3,(H,20,22)(H,21,26). The molecule has 0 bridgehead atoms. The van der Waals surface area contributed by atoms with Gasteiger partial charge in [0.1, 0.15) is 5.82 Å². The molecule has 2 aromatic heterocycles. The van der Waals surface area contributed by atoms with Gasteiger partial charge < -0.3 is 10.6 Å². The van der Waals surface area contributed by atoms with Gasteiger partial charge in [-0.05, 0) is 78.9 Å². The minimum Gasteiger partial charge on any atom is -0.367 e. The molecule has 3 aromatic rings. The van der Waals surface area contributed by atoms with Crippen molar-refractivity contribution in [2.75, 3.05) is 18.4 Å². The number of carbonyl (C=O) groups excluding carboxylic acids is 1. The molecule has 134 valence electrons. The average molecular weight is 462 g/mol. The van der Waals surface area contributed by atoms with E-state index in [-0.39, 0.29) is 5.91 Å². The van der Waals surface area contributed by atoms with Gasteiger partial charge in [-0.3, -0.25) is 4.79 Å². The minimum absolute atomic E-state index is 0.0887. The quantitative estimate of drug-likeness (QED) is 0.435. The van der Waals surface area contributed by atoms with E-state index in [1.54, 1.807) is 4.68 Å². The van der Waals surface area contributed by atoms with Crippen molar-refractivity contribution in [3.8, 4) is 5.82 Å². The number of amides is 1. The van der Waals surface area contributed by atoms with Crippen LogP contribution in [0.15, 0.2) is 42.5 Å². The molecule has 3 rings (SSSR count). The van der Waals surface area contributed by atoms with E-state index in [1.807, 2.05) is 56.3 Å². The van der Waals surface area contributed by atoms with Crippen LogP contribution in [-0.2, 0) is 0 Å². The van der Waals surface area contributed by atoms with E-state index in [2.05, 4.69) is 48.5 Å². The van der Waals surface area contributed by atoms with Gasteiger partial charge in [0.15, 0.2) is 5.82 Å². The monoisotopic (exact) mass is 462 g/mol. The van der Waals surface area contributed by atoms with Gasteiger partial charge in [0.2, 0.25) is 0 Å².